The lowest BCUT2D eigenvalue weighted by Crippen LogP contribution is -2.48. The molecule has 55 heavy (non-hydrogen) atoms. The molecule has 0 N–H and O–H groups in total. The van der Waals surface area contributed by atoms with Gasteiger partial charge in [0.2, 0.25) is 0 Å². The van der Waals surface area contributed by atoms with E-state index in [0.29, 0.717) is 5.41 Å². The van der Waals surface area contributed by atoms with Crippen LogP contribution >= 0.6 is 0 Å². The quantitative estimate of drug-likeness (QED) is 0.179. The number of hydrogen-bond donors (Lipinski definition) is 0. The Morgan fingerprint density at radius 3 is 1.42 bits per heavy atom. The van der Waals surface area contributed by atoms with Crippen LogP contribution in [0.15, 0.2) is 152 Å². The lowest BCUT2D eigenvalue weighted by Gasteiger charge is -2.57. The lowest BCUT2D eigenvalue weighted by molar-refractivity contribution is -0.00512. The summed E-state index contributed by atoms with van der Waals surface area (Å²) in [7, 11) is 0. The molecule has 4 aromatic heterocycles. The van der Waals surface area contributed by atoms with Gasteiger partial charge in [-0.3, -0.25) is 4.57 Å². The Kier molecular flexibility index (Phi) is 6.03. The molecule has 0 atom stereocenters. The number of aromatic nitrogens is 4. The van der Waals surface area contributed by atoms with Gasteiger partial charge in [0.25, 0.3) is 0 Å². The van der Waals surface area contributed by atoms with Crippen LogP contribution in [0.4, 0.5) is 0 Å². The van der Waals surface area contributed by atoms with Gasteiger partial charge in [0.05, 0.1) is 38.8 Å². The van der Waals surface area contributed by atoms with Crippen molar-refractivity contribution in [2.75, 3.05) is 0 Å². The number of hydrogen-bond acceptors (Lipinski definition) is 1. The molecule has 10 aromatic rings. The Morgan fingerprint density at radius 1 is 0.400 bits per heavy atom. The fourth-order valence-corrected chi connectivity index (χ4v) is 12.3. The Hall–Kier alpha value is -6.13. The maximum atomic E-state index is 5.08. The minimum Gasteiger partial charge on any atom is -0.309 e. The van der Waals surface area contributed by atoms with Gasteiger partial charge < -0.3 is 9.13 Å². The molecule has 264 valence electrons. The van der Waals surface area contributed by atoms with Crippen molar-refractivity contribution in [2.45, 2.75) is 43.9 Å². The molecule has 0 unspecified atom stereocenters. The van der Waals surface area contributed by atoms with E-state index < -0.39 is 0 Å². The molecule has 4 heteroatoms. The van der Waals surface area contributed by atoms with Crippen molar-refractivity contribution in [3.05, 3.63) is 157 Å². The summed E-state index contributed by atoms with van der Waals surface area (Å²) in [4.78, 5) is 5.08. The van der Waals surface area contributed by atoms with Crippen molar-refractivity contribution in [2.24, 2.45) is 17.8 Å². The molecule has 4 bridgehead atoms. The predicted octanol–water partition coefficient (Wildman–Crippen LogP) is 12.8. The van der Waals surface area contributed by atoms with Crippen LogP contribution in [0.3, 0.4) is 0 Å². The molecule has 0 spiro atoms. The average Bonchev–Trinajstić information content (AvgIpc) is 3.86. The van der Waals surface area contributed by atoms with Crippen LogP contribution in [0, 0.1) is 17.8 Å². The SMILES string of the molecule is c1ccc2c(c1)c1ccccc1n2-c1ccc2c(c1)c1ccccc1n2-c1ccnc(-n2c3ccccc3c3cc(C45CC6CC(CC(C6)C4)C5)ccc32)c1. The summed E-state index contributed by atoms with van der Waals surface area (Å²) in [5, 5.41) is 7.70. The van der Waals surface area contributed by atoms with E-state index >= 15 is 0 Å². The van der Waals surface area contributed by atoms with E-state index in [1.165, 1.54) is 110 Å². The second-order valence-corrected chi connectivity index (χ2v) is 17.1. The largest absolute Gasteiger partial charge is 0.309 e. The molecule has 4 fully saturated rings. The van der Waals surface area contributed by atoms with E-state index in [2.05, 4.69) is 159 Å². The van der Waals surface area contributed by atoms with Crippen LogP contribution in [0.2, 0.25) is 0 Å². The first-order valence-electron chi connectivity index (χ1n) is 20.2. The van der Waals surface area contributed by atoms with E-state index in [1.807, 2.05) is 6.20 Å². The topological polar surface area (TPSA) is 27.7 Å². The molecule has 4 saturated carbocycles. The van der Waals surface area contributed by atoms with Crippen molar-refractivity contribution >= 4 is 65.4 Å². The zero-order valence-corrected chi connectivity index (χ0v) is 30.7. The van der Waals surface area contributed by atoms with E-state index in [-0.39, 0.29) is 0 Å². The first-order valence-corrected chi connectivity index (χ1v) is 20.2. The summed E-state index contributed by atoms with van der Waals surface area (Å²) in [5.74, 6) is 3.73. The van der Waals surface area contributed by atoms with Gasteiger partial charge in [0, 0.05) is 50.3 Å². The van der Waals surface area contributed by atoms with Gasteiger partial charge in [-0.05, 0) is 128 Å². The number of rotatable bonds is 4. The molecule has 6 aromatic carbocycles. The fourth-order valence-electron chi connectivity index (χ4n) is 12.3. The van der Waals surface area contributed by atoms with Gasteiger partial charge >= 0.3 is 0 Å². The molecule has 0 aliphatic heterocycles. The third-order valence-electron chi connectivity index (χ3n) is 14.0. The molecule has 4 heterocycles. The van der Waals surface area contributed by atoms with Crippen molar-refractivity contribution in [1.82, 2.24) is 18.7 Å². The molecule has 0 amide bonds. The summed E-state index contributed by atoms with van der Waals surface area (Å²) >= 11 is 0. The molecule has 0 radical (unpaired) electrons. The van der Waals surface area contributed by atoms with Gasteiger partial charge in [-0.25, -0.2) is 4.98 Å². The number of pyridine rings is 1. The third kappa shape index (κ3) is 4.20. The van der Waals surface area contributed by atoms with Gasteiger partial charge in [-0.1, -0.05) is 78.9 Å². The van der Waals surface area contributed by atoms with E-state index in [1.54, 1.807) is 5.56 Å². The Bertz CT molecular complexity index is 3120. The van der Waals surface area contributed by atoms with Gasteiger partial charge in [0.1, 0.15) is 5.82 Å². The molecular weight excluding hydrogens is 669 g/mol. The van der Waals surface area contributed by atoms with Crippen LogP contribution < -0.4 is 0 Å². The first kappa shape index (κ1) is 30.2. The maximum Gasteiger partial charge on any atom is 0.139 e. The predicted molar refractivity (Wildman–Crippen MR) is 227 cm³/mol. The molecule has 14 rings (SSSR count). The second kappa shape index (κ2) is 11.0. The zero-order chi connectivity index (χ0) is 35.8. The lowest BCUT2D eigenvalue weighted by atomic mass is 9.48. The summed E-state index contributed by atoms with van der Waals surface area (Å²) in [6, 6.07) is 54.2. The van der Waals surface area contributed by atoms with Crippen LogP contribution in [-0.2, 0) is 5.41 Å². The van der Waals surface area contributed by atoms with Crippen LogP contribution in [-0.4, -0.2) is 18.7 Å². The second-order valence-electron chi connectivity index (χ2n) is 17.1. The zero-order valence-electron chi connectivity index (χ0n) is 30.7. The molecule has 4 aliphatic rings. The normalized spacial score (nSPS) is 22.0. The Labute approximate surface area is 319 Å². The average molecular weight is 709 g/mol. The minimum atomic E-state index is 0.363. The van der Waals surface area contributed by atoms with E-state index in [0.717, 1.165) is 29.3 Å². The van der Waals surface area contributed by atoms with Gasteiger partial charge in [0.15, 0.2) is 0 Å². The number of para-hydroxylation sites is 4. The van der Waals surface area contributed by atoms with Crippen LogP contribution in [0.1, 0.15) is 44.1 Å². The smallest absolute Gasteiger partial charge is 0.139 e. The van der Waals surface area contributed by atoms with Gasteiger partial charge in [-0.15, -0.1) is 0 Å². The van der Waals surface area contributed by atoms with Crippen LogP contribution in [0.25, 0.3) is 82.6 Å². The maximum absolute atomic E-state index is 5.08. The van der Waals surface area contributed by atoms with Crippen molar-refractivity contribution < 1.29 is 0 Å². The number of benzene rings is 6. The first-order chi connectivity index (χ1) is 27.2. The van der Waals surface area contributed by atoms with E-state index in [9.17, 15) is 0 Å². The van der Waals surface area contributed by atoms with Gasteiger partial charge in [-0.2, -0.15) is 0 Å². The Morgan fingerprint density at radius 2 is 0.836 bits per heavy atom. The summed E-state index contributed by atoms with van der Waals surface area (Å²) in [6.07, 6.45) is 10.5. The highest BCUT2D eigenvalue weighted by molar-refractivity contribution is 6.13. The summed E-state index contributed by atoms with van der Waals surface area (Å²) in [5.41, 5.74) is 11.5. The van der Waals surface area contributed by atoms with E-state index in [4.69, 9.17) is 4.98 Å². The third-order valence-corrected chi connectivity index (χ3v) is 14.0. The highest BCUT2D eigenvalue weighted by Crippen LogP contribution is 2.61. The standard InChI is InChI=1S/C51H40N4/c1-5-13-44-38(9-1)39-10-2-6-14-45(39)53(44)36-18-20-48-43(27-36)41-12-3-7-15-46(41)54(48)37-21-22-52-50(28-37)55-47-16-8-4-11-40(47)42-26-35(17-19-49(42)55)51-29-32-23-33(30-51)25-34(24-32)31-51/h1-22,26-28,32-34H,23-25,29-31H2. The Balaban J connectivity index is 0.980. The number of nitrogens with zero attached hydrogens (tertiary/aromatic N) is 4. The molecule has 4 aliphatic carbocycles. The molecule has 4 nitrogen and oxygen atoms in total. The fraction of sp³-hybridized carbons (Fsp3) is 0.196. The monoisotopic (exact) mass is 708 g/mol. The number of fused-ring (bicyclic) bond motifs is 9. The minimum absolute atomic E-state index is 0.363. The summed E-state index contributed by atoms with van der Waals surface area (Å²) in [6.45, 7) is 0. The van der Waals surface area contributed by atoms with Crippen molar-refractivity contribution in [1.29, 1.82) is 0 Å². The molecule has 0 saturated heterocycles. The highest BCUT2D eigenvalue weighted by atomic mass is 15.1. The molecular formula is C51H40N4. The highest BCUT2D eigenvalue weighted by Gasteiger charge is 2.51. The van der Waals surface area contributed by atoms with Crippen molar-refractivity contribution in [3.8, 4) is 17.2 Å². The van der Waals surface area contributed by atoms with Crippen LogP contribution in [0.5, 0.6) is 0 Å². The van der Waals surface area contributed by atoms with Crippen molar-refractivity contribution in [3.63, 3.8) is 0 Å². The summed E-state index contributed by atoms with van der Waals surface area (Å²) < 4.78 is 7.23.